The minimum Gasteiger partial charge on any atom is -0.360 e. The van der Waals surface area contributed by atoms with Gasteiger partial charge in [0.05, 0.1) is 11.0 Å². The maximum absolute atomic E-state index is 13.1. The van der Waals surface area contributed by atoms with Crippen molar-refractivity contribution in [2.75, 3.05) is 17.6 Å². The fourth-order valence-electron chi connectivity index (χ4n) is 3.64. The maximum Gasteiger partial charge on any atom is 0.238 e. The molecule has 0 bridgehead atoms. The summed E-state index contributed by atoms with van der Waals surface area (Å²) in [6.07, 6.45) is 4.99. The Kier molecular flexibility index (Phi) is 7.90. The number of carbonyl (C=O) groups is 2. The first-order chi connectivity index (χ1) is 14.4. The van der Waals surface area contributed by atoms with E-state index in [1.807, 2.05) is 4.90 Å². The highest BCUT2D eigenvalue weighted by molar-refractivity contribution is 8.01. The van der Waals surface area contributed by atoms with Crippen LogP contribution < -0.4 is 5.32 Å². The van der Waals surface area contributed by atoms with Crippen LogP contribution in [0.15, 0.2) is 34.9 Å². The molecular weight excluding hydrogens is 405 g/mol. The maximum atomic E-state index is 13.1. The number of rotatable bonds is 9. The van der Waals surface area contributed by atoms with E-state index in [4.69, 9.17) is 4.52 Å². The molecule has 1 aliphatic rings. The summed E-state index contributed by atoms with van der Waals surface area (Å²) in [7, 11) is 0. The number of amides is 2. The standard InChI is InChI=1S/C22H28FN3O3S/c1-15-13-20(25-29-15)24-22(28)16(2)30-14-21(27)26(19-5-3-4-6-19)12-11-17-7-9-18(23)10-8-17/h7-10,13,16,19H,3-6,11-12,14H2,1-2H3,(H,24,25,28). The Bertz CT molecular complexity index is 850. The van der Waals surface area contributed by atoms with Gasteiger partial charge in [0.15, 0.2) is 5.82 Å². The summed E-state index contributed by atoms with van der Waals surface area (Å²) >= 11 is 1.32. The lowest BCUT2D eigenvalue weighted by Crippen LogP contribution is -2.41. The van der Waals surface area contributed by atoms with Gasteiger partial charge in [0.1, 0.15) is 11.6 Å². The van der Waals surface area contributed by atoms with Crippen LogP contribution in [0.1, 0.15) is 43.9 Å². The molecule has 162 valence electrons. The van der Waals surface area contributed by atoms with Gasteiger partial charge in [-0.2, -0.15) is 0 Å². The normalized spacial score (nSPS) is 15.2. The van der Waals surface area contributed by atoms with Crippen LogP contribution in [0.3, 0.4) is 0 Å². The highest BCUT2D eigenvalue weighted by atomic mass is 32.2. The Morgan fingerprint density at radius 2 is 2.00 bits per heavy atom. The van der Waals surface area contributed by atoms with E-state index in [1.165, 1.54) is 23.9 Å². The highest BCUT2D eigenvalue weighted by Crippen LogP contribution is 2.25. The van der Waals surface area contributed by atoms with Crippen LogP contribution in [0.5, 0.6) is 0 Å². The Labute approximate surface area is 180 Å². The van der Waals surface area contributed by atoms with E-state index in [2.05, 4.69) is 10.5 Å². The molecule has 2 amide bonds. The van der Waals surface area contributed by atoms with E-state index in [1.54, 1.807) is 32.0 Å². The molecule has 1 aromatic carbocycles. The number of aryl methyl sites for hydroxylation is 1. The highest BCUT2D eigenvalue weighted by Gasteiger charge is 2.27. The molecule has 3 rings (SSSR count). The minimum absolute atomic E-state index is 0.0472. The zero-order chi connectivity index (χ0) is 21.5. The van der Waals surface area contributed by atoms with Crippen LogP contribution in [0.2, 0.25) is 0 Å². The Morgan fingerprint density at radius 3 is 2.63 bits per heavy atom. The lowest BCUT2D eigenvalue weighted by atomic mass is 10.1. The zero-order valence-electron chi connectivity index (χ0n) is 17.4. The number of anilines is 1. The molecule has 1 atom stereocenters. The molecule has 1 unspecified atom stereocenters. The van der Waals surface area contributed by atoms with E-state index in [-0.39, 0.29) is 29.4 Å². The summed E-state index contributed by atoms with van der Waals surface area (Å²) in [5, 5.41) is 6.06. The molecule has 1 heterocycles. The molecule has 0 spiro atoms. The molecule has 30 heavy (non-hydrogen) atoms. The number of thioether (sulfide) groups is 1. The lowest BCUT2D eigenvalue weighted by Gasteiger charge is -2.29. The fourth-order valence-corrected chi connectivity index (χ4v) is 4.40. The molecule has 0 radical (unpaired) electrons. The van der Waals surface area contributed by atoms with Gasteiger partial charge in [-0.15, -0.1) is 11.8 Å². The summed E-state index contributed by atoms with van der Waals surface area (Å²) in [5.74, 6) is 0.821. The van der Waals surface area contributed by atoms with Crippen LogP contribution in [0.25, 0.3) is 0 Å². The van der Waals surface area contributed by atoms with Crippen LogP contribution in [-0.2, 0) is 16.0 Å². The van der Waals surface area contributed by atoms with Crippen LogP contribution in [0, 0.1) is 12.7 Å². The third-order valence-electron chi connectivity index (χ3n) is 5.35. The first-order valence-corrected chi connectivity index (χ1v) is 11.4. The average Bonchev–Trinajstić information content (AvgIpc) is 3.39. The molecule has 1 aliphatic carbocycles. The smallest absolute Gasteiger partial charge is 0.238 e. The predicted molar refractivity (Wildman–Crippen MR) is 116 cm³/mol. The second-order valence-electron chi connectivity index (χ2n) is 7.67. The Hall–Kier alpha value is -2.35. The number of nitrogens with zero attached hydrogens (tertiary/aromatic N) is 2. The van der Waals surface area contributed by atoms with Crippen LogP contribution >= 0.6 is 11.8 Å². The molecule has 1 N–H and O–H groups in total. The molecule has 1 saturated carbocycles. The monoisotopic (exact) mass is 433 g/mol. The van der Waals surface area contributed by atoms with E-state index in [9.17, 15) is 14.0 Å². The number of nitrogens with one attached hydrogen (secondary N) is 1. The first kappa shape index (κ1) is 22.3. The molecule has 6 nitrogen and oxygen atoms in total. The zero-order valence-corrected chi connectivity index (χ0v) is 18.2. The molecule has 0 aliphatic heterocycles. The third-order valence-corrected chi connectivity index (χ3v) is 6.47. The molecule has 2 aromatic rings. The van der Waals surface area contributed by atoms with Gasteiger partial charge in [-0.25, -0.2) is 4.39 Å². The number of hydrogen-bond acceptors (Lipinski definition) is 5. The first-order valence-electron chi connectivity index (χ1n) is 10.3. The van der Waals surface area contributed by atoms with Gasteiger partial charge in [0, 0.05) is 18.7 Å². The molecule has 1 aromatic heterocycles. The van der Waals surface area contributed by atoms with Crippen molar-refractivity contribution in [1.29, 1.82) is 0 Å². The van der Waals surface area contributed by atoms with E-state index >= 15 is 0 Å². The average molecular weight is 434 g/mol. The van der Waals surface area contributed by atoms with Gasteiger partial charge in [0.2, 0.25) is 11.8 Å². The largest absolute Gasteiger partial charge is 0.360 e. The van der Waals surface area contributed by atoms with E-state index in [0.717, 1.165) is 31.2 Å². The van der Waals surface area contributed by atoms with Crippen molar-refractivity contribution in [2.24, 2.45) is 0 Å². The minimum atomic E-state index is -0.395. The van der Waals surface area contributed by atoms with Gasteiger partial charge in [-0.05, 0) is 50.8 Å². The van der Waals surface area contributed by atoms with Gasteiger partial charge in [-0.1, -0.05) is 30.1 Å². The third kappa shape index (κ3) is 6.32. The summed E-state index contributed by atoms with van der Waals surface area (Å²) in [4.78, 5) is 27.3. The summed E-state index contributed by atoms with van der Waals surface area (Å²) in [6.45, 7) is 4.14. The van der Waals surface area contributed by atoms with Crippen molar-refractivity contribution in [3.8, 4) is 0 Å². The SMILES string of the molecule is Cc1cc(NC(=O)C(C)SCC(=O)N(CCc2ccc(F)cc2)C2CCCC2)no1. The van der Waals surface area contributed by atoms with Crippen molar-refractivity contribution in [3.05, 3.63) is 47.5 Å². The number of carbonyl (C=O) groups excluding carboxylic acids is 2. The Balaban J connectivity index is 1.53. The Morgan fingerprint density at radius 1 is 1.30 bits per heavy atom. The van der Waals surface area contributed by atoms with Crippen LogP contribution in [-0.4, -0.2) is 45.5 Å². The summed E-state index contributed by atoms with van der Waals surface area (Å²) in [5.41, 5.74) is 1.01. The number of halogens is 1. The number of aromatic nitrogens is 1. The molecular formula is C22H28FN3O3S. The topological polar surface area (TPSA) is 75.4 Å². The van der Waals surface area contributed by atoms with Crippen molar-refractivity contribution in [3.63, 3.8) is 0 Å². The molecule has 8 heteroatoms. The van der Waals surface area contributed by atoms with Gasteiger partial charge < -0.3 is 14.7 Å². The number of benzene rings is 1. The second-order valence-corrected chi connectivity index (χ2v) is 9.00. The lowest BCUT2D eigenvalue weighted by molar-refractivity contribution is -0.130. The van der Waals surface area contributed by atoms with Gasteiger partial charge in [0.25, 0.3) is 0 Å². The number of hydrogen-bond donors (Lipinski definition) is 1. The van der Waals surface area contributed by atoms with Crippen molar-refractivity contribution in [2.45, 2.75) is 57.2 Å². The van der Waals surface area contributed by atoms with Gasteiger partial charge in [-0.3, -0.25) is 9.59 Å². The van der Waals surface area contributed by atoms with Crippen molar-refractivity contribution >= 4 is 29.4 Å². The van der Waals surface area contributed by atoms with Crippen molar-refractivity contribution in [1.82, 2.24) is 10.1 Å². The van der Waals surface area contributed by atoms with Crippen molar-refractivity contribution < 1.29 is 18.5 Å². The predicted octanol–water partition coefficient (Wildman–Crippen LogP) is 4.20. The second kappa shape index (κ2) is 10.6. The quantitative estimate of drug-likeness (QED) is 0.642. The summed E-state index contributed by atoms with van der Waals surface area (Å²) < 4.78 is 18.1. The van der Waals surface area contributed by atoms with Gasteiger partial charge >= 0.3 is 0 Å². The van der Waals surface area contributed by atoms with Crippen LogP contribution in [0.4, 0.5) is 10.2 Å². The molecule has 1 fully saturated rings. The summed E-state index contributed by atoms with van der Waals surface area (Å²) in [6, 6.07) is 8.32. The molecule has 0 saturated heterocycles. The van der Waals surface area contributed by atoms with E-state index in [0.29, 0.717) is 24.5 Å². The van der Waals surface area contributed by atoms with E-state index < -0.39 is 5.25 Å². The fraction of sp³-hybridized carbons (Fsp3) is 0.500.